The summed E-state index contributed by atoms with van der Waals surface area (Å²) in [6, 6.07) is 6.12. The van der Waals surface area contributed by atoms with Crippen molar-refractivity contribution in [2.45, 2.75) is 25.4 Å². The molecular weight excluding hydrogens is 347 g/mol. The van der Waals surface area contributed by atoms with Gasteiger partial charge in [-0.25, -0.2) is 4.39 Å². The van der Waals surface area contributed by atoms with Crippen molar-refractivity contribution >= 4 is 17.5 Å². The third-order valence-electron chi connectivity index (χ3n) is 4.07. The van der Waals surface area contributed by atoms with E-state index in [9.17, 15) is 9.18 Å². The second-order valence-corrected chi connectivity index (χ2v) is 6.57. The zero-order valence-electron chi connectivity index (χ0n) is 14.3. The normalized spacial score (nSPS) is 23.8. The molecule has 1 aromatic carbocycles. The number of carbonyl (C=O) groups excluding carboxylic acids is 1. The van der Waals surface area contributed by atoms with Gasteiger partial charge in [0, 0.05) is 32.2 Å². The fraction of sp³-hybridized carbons (Fsp3) is 0.611. The minimum atomic E-state index is -0.367. The number of halogens is 2. The van der Waals surface area contributed by atoms with E-state index in [1.807, 2.05) is 0 Å². The Kier molecular flexibility index (Phi) is 9.18. The zero-order valence-corrected chi connectivity index (χ0v) is 15.1. The lowest BCUT2D eigenvalue weighted by Gasteiger charge is -2.23. The van der Waals surface area contributed by atoms with Crippen LogP contribution in [0.4, 0.5) is 4.39 Å². The second kappa shape index (κ2) is 11.4. The summed E-state index contributed by atoms with van der Waals surface area (Å²) in [7, 11) is 0. The molecule has 1 aromatic rings. The summed E-state index contributed by atoms with van der Waals surface area (Å²) in [5.74, 6) is 0.0353. The van der Waals surface area contributed by atoms with Crippen molar-refractivity contribution in [3.05, 3.63) is 35.1 Å². The summed E-state index contributed by atoms with van der Waals surface area (Å²) in [5, 5.41) is 6.43. The van der Waals surface area contributed by atoms with Crippen LogP contribution in [-0.4, -0.2) is 51.5 Å². The Hall–Kier alpha value is -1.21. The molecule has 0 saturated carbocycles. The molecular formula is C18H26ClFN2O3. The summed E-state index contributed by atoms with van der Waals surface area (Å²) in [6.45, 7) is 4.68. The van der Waals surface area contributed by atoms with Gasteiger partial charge in [-0.2, -0.15) is 0 Å². The molecule has 2 saturated heterocycles. The van der Waals surface area contributed by atoms with E-state index < -0.39 is 0 Å². The molecule has 1 amide bonds. The Morgan fingerprint density at radius 3 is 2.84 bits per heavy atom. The van der Waals surface area contributed by atoms with Crippen molar-refractivity contribution in [2.24, 2.45) is 5.92 Å². The molecule has 25 heavy (non-hydrogen) atoms. The number of rotatable bonds is 3. The molecule has 0 aromatic heterocycles. The van der Waals surface area contributed by atoms with Gasteiger partial charge in [-0.3, -0.25) is 4.79 Å². The van der Waals surface area contributed by atoms with Gasteiger partial charge in [0.2, 0.25) is 5.91 Å². The summed E-state index contributed by atoms with van der Waals surface area (Å²) in [6.07, 6.45) is 2.78. The quantitative estimate of drug-likeness (QED) is 0.855. The topological polar surface area (TPSA) is 59.6 Å². The van der Waals surface area contributed by atoms with Crippen molar-refractivity contribution in [3.63, 3.8) is 0 Å². The largest absolute Gasteiger partial charge is 0.380 e. The third kappa shape index (κ3) is 7.69. The number of benzene rings is 1. The highest BCUT2D eigenvalue weighted by molar-refractivity contribution is 6.30. The van der Waals surface area contributed by atoms with Gasteiger partial charge in [-0.1, -0.05) is 23.7 Å². The SMILES string of the molecule is Fc1ccccc1Cl.O=C(NCC1CNCCOC1)C1CCCCO1. The van der Waals surface area contributed by atoms with Crippen LogP contribution in [0.25, 0.3) is 0 Å². The van der Waals surface area contributed by atoms with E-state index in [0.29, 0.717) is 19.1 Å². The average Bonchev–Trinajstić information content (AvgIpc) is 2.92. The first-order chi connectivity index (χ1) is 12.2. The Morgan fingerprint density at radius 2 is 2.16 bits per heavy atom. The molecule has 0 spiro atoms. The lowest BCUT2D eigenvalue weighted by Crippen LogP contribution is -2.42. The smallest absolute Gasteiger partial charge is 0.249 e. The first-order valence-electron chi connectivity index (χ1n) is 8.74. The van der Waals surface area contributed by atoms with E-state index in [1.54, 1.807) is 12.1 Å². The number of ether oxygens (including phenoxy) is 2. The molecule has 2 aliphatic heterocycles. The number of carbonyl (C=O) groups is 1. The highest BCUT2D eigenvalue weighted by Crippen LogP contribution is 2.13. The van der Waals surface area contributed by atoms with E-state index in [0.717, 1.165) is 45.6 Å². The van der Waals surface area contributed by atoms with Crippen molar-refractivity contribution in [1.82, 2.24) is 10.6 Å². The first-order valence-corrected chi connectivity index (χ1v) is 9.12. The maximum absolute atomic E-state index is 12.2. The molecule has 2 unspecified atom stereocenters. The molecule has 2 heterocycles. The van der Waals surface area contributed by atoms with Crippen LogP contribution in [0, 0.1) is 11.7 Å². The van der Waals surface area contributed by atoms with Crippen LogP contribution >= 0.6 is 11.6 Å². The molecule has 0 aliphatic carbocycles. The standard InChI is InChI=1S/C12H22N2O3.C6H4ClF/c15-12(11-3-1-2-5-17-11)14-8-10-7-13-4-6-16-9-10;7-5-3-1-2-4-6(5)8/h10-11,13H,1-9H2,(H,14,15);1-4H. The molecule has 2 aliphatic rings. The van der Waals surface area contributed by atoms with Gasteiger partial charge >= 0.3 is 0 Å². The van der Waals surface area contributed by atoms with Gasteiger partial charge in [0.25, 0.3) is 0 Å². The van der Waals surface area contributed by atoms with Crippen LogP contribution in [0.15, 0.2) is 24.3 Å². The average molecular weight is 373 g/mol. The first kappa shape index (κ1) is 20.1. The fourth-order valence-electron chi connectivity index (χ4n) is 2.64. The Morgan fingerprint density at radius 1 is 1.32 bits per heavy atom. The zero-order chi connectivity index (χ0) is 17.9. The highest BCUT2D eigenvalue weighted by atomic mass is 35.5. The molecule has 5 nitrogen and oxygen atoms in total. The summed E-state index contributed by atoms with van der Waals surface area (Å²) < 4.78 is 23.1. The monoisotopic (exact) mass is 372 g/mol. The van der Waals surface area contributed by atoms with Gasteiger partial charge in [-0.15, -0.1) is 0 Å². The number of hydrogen-bond acceptors (Lipinski definition) is 4. The fourth-order valence-corrected chi connectivity index (χ4v) is 2.77. The summed E-state index contributed by atoms with van der Waals surface area (Å²) in [5.41, 5.74) is 0. The number of hydrogen-bond donors (Lipinski definition) is 2. The lowest BCUT2D eigenvalue weighted by molar-refractivity contribution is -0.135. The maximum atomic E-state index is 12.2. The van der Waals surface area contributed by atoms with Crippen LogP contribution in [0.2, 0.25) is 5.02 Å². The summed E-state index contributed by atoms with van der Waals surface area (Å²) >= 11 is 5.33. The Bertz CT molecular complexity index is 498. The van der Waals surface area contributed by atoms with Crippen LogP contribution in [0.3, 0.4) is 0 Å². The molecule has 0 radical (unpaired) electrons. The van der Waals surface area contributed by atoms with Crippen molar-refractivity contribution in [3.8, 4) is 0 Å². The van der Waals surface area contributed by atoms with Crippen LogP contribution < -0.4 is 10.6 Å². The van der Waals surface area contributed by atoms with Crippen LogP contribution in [-0.2, 0) is 14.3 Å². The number of nitrogens with one attached hydrogen (secondary N) is 2. The van der Waals surface area contributed by atoms with E-state index in [2.05, 4.69) is 10.6 Å². The highest BCUT2D eigenvalue weighted by Gasteiger charge is 2.22. The van der Waals surface area contributed by atoms with Gasteiger partial charge in [0.1, 0.15) is 11.9 Å². The van der Waals surface area contributed by atoms with Crippen LogP contribution in [0.1, 0.15) is 19.3 Å². The van der Waals surface area contributed by atoms with Gasteiger partial charge in [0.05, 0.1) is 18.2 Å². The predicted octanol–water partition coefficient (Wildman–Crippen LogP) is 2.39. The predicted molar refractivity (Wildman–Crippen MR) is 95.2 cm³/mol. The molecule has 2 atom stereocenters. The second-order valence-electron chi connectivity index (χ2n) is 6.16. The van der Waals surface area contributed by atoms with Gasteiger partial charge < -0.3 is 20.1 Å². The van der Waals surface area contributed by atoms with Crippen molar-refractivity contribution in [2.75, 3.05) is 39.5 Å². The Balaban J connectivity index is 0.000000236. The third-order valence-corrected chi connectivity index (χ3v) is 4.38. The molecule has 7 heteroatoms. The lowest BCUT2D eigenvalue weighted by atomic mass is 10.1. The maximum Gasteiger partial charge on any atom is 0.249 e. The number of amides is 1. The minimum Gasteiger partial charge on any atom is -0.380 e. The Labute approximate surface area is 153 Å². The molecule has 2 fully saturated rings. The molecule has 2 N–H and O–H groups in total. The summed E-state index contributed by atoms with van der Waals surface area (Å²) in [4.78, 5) is 11.8. The van der Waals surface area contributed by atoms with Crippen molar-refractivity contribution in [1.29, 1.82) is 0 Å². The van der Waals surface area contributed by atoms with Crippen molar-refractivity contribution < 1.29 is 18.7 Å². The van der Waals surface area contributed by atoms with E-state index in [1.165, 1.54) is 12.1 Å². The van der Waals surface area contributed by atoms with Crippen LogP contribution in [0.5, 0.6) is 0 Å². The minimum absolute atomic E-state index is 0.0361. The van der Waals surface area contributed by atoms with E-state index >= 15 is 0 Å². The molecule has 0 bridgehead atoms. The molecule has 3 rings (SSSR count). The van der Waals surface area contributed by atoms with Gasteiger partial charge in [0.15, 0.2) is 0 Å². The van der Waals surface area contributed by atoms with Gasteiger partial charge in [-0.05, 0) is 31.4 Å². The van der Waals surface area contributed by atoms with E-state index in [-0.39, 0.29) is 22.9 Å². The van der Waals surface area contributed by atoms with E-state index in [4.69, 9.17) is 21.1 Å². The molecule has 140 valence electrons.